The van der Waals surface area contributed by atoms with E-state index in [4.69, 9.17) is 0 Å². The molecule has 22 heavy (non-hydrogen) atoms. The molecule has 1 fully saturated rings. The second-order valence-electron chi connectivity index (χ2n) is 6.48. The highest BCUT2D eigenvalue weighted by atomic mass is 32.1. The minimum absolute atomic E-state index is 0.0122. The third-order valence-corrected chi connectivity index (χ3v) is 5.62. The van der Waals surface area contributed by atoms with Crippen molar-refractivity contribution in [3.8, 4) is 0 Å². The van der Waals surface area contributed by atoms with Crippen molar-refractivity contribution in [2.75, 3.05) is 19.7 Å². The number of likely N-dealkylation sites (tertiary alicyclic amines) is 1. The molecule has 2 rings (SSSR count). The van der Waals surface area contributed by atoms with Crippen LogP contribution in [0.25, 0.3) is 0 Å². The zero-order chi connectivity index (χ0) is 16.2. The van der Waals surface area contributed by atoms with Crippen LogP contribution in [-0.4, -0.2) is 40.7 Å². The SMILES string of the molecule is CCC1(CO)CCN(C(=O)NCc2nc(C(C)C)cs2)CC1. The molecule has 0 spiro atoms. The van der Waals surface area contributed by atoms with E-state index in [-0.39, 0.29) is 18.1 Å². The molecule has 124 valence electrons. The molecule has 2 amide bonds. The Balaban J connectivity index is 1.81. The molecule has 0 radical (unpaired) electrons. The maximum atomic E-state index is 12.2. The predicted molar refractivity (Wildman–Crippen MR) is 89.1 cm³/mol. The first kappa shape index (κ1) is 17.2. The molecular formula is C16H27N3O2S. The molecule has 1 saturated heterocycles. The molecule has 2 heterocycles. The third-order valence-electron chi connectivity index (χ3n) is 4.75. The first-order valence-electron chi connectivity index (χ1n) is 8.07. The molecule has 6 heteroatoms. The van der Waals surface area contributed by atoms with Gasteiger partial charge in [-0.25, -0.2) is 9.78 Å². The molecule has 1 aromatic rings. The number of carbonyl (C=O) groups excluding carboxylic acids is 1. The normalized spacial score (nSPS) is 17.8. The van der Waals surface area contributed by atoms with Crippen LogP contribution in [0.2, 0.25) is 0 Å². The molecule has 0 aromatic carbocycles. The number of hydrogen-bond donors (Lipinski definition) is 2. The van der Waals surface area contributed by atoms with Crippen LogP contribution >= 0.6 is 11.3 Å². The van der Waals surface area contributed by atoms with E-state index in [2.05, 4.69) is 36.5 Å². The molecule has 0 saturated carbocycles. The molecule has 5 nitrogen and oxygen atoms in total. The van der Waals surface area contributed by atoms with E-state index in [9.17, 15) is 9.90 Å². The molecule has 1 aliphatic rings. The maximum Gasteiger partial charge on any atom is 0.317 e. The van der Waals surface area contributed by atoms with Gasteiger partial charge >= 0.3 is 6.03 Å². The van der Waals surface area contributed by atoms with Gasteiger partial charge in [0.15, 0.2) is 0 Å². The highest BCUT2D eigenvalue weighted by molar-refractivity contribution is 7.09. The molecule has 0 unspecified atom stereocenters. The van der Waals surface area contributed by atoms with Gasteiger partial charge in [-0.1, -0.05) is 20.8 Å². The lowest BCUT2D eigenvalue weighted by Gasteiger charge is -2.40. The summed E-state index contributed by atoms with van der Waals surface area (Å²) in [7, 11) is 0. The number of amides is 2. The molecule has 0 aliphatic carbocycles. The number of rotatable bonds is 5. The van der Waals surface area contributed by atoms with Crippen LogP contribution in [0, 0.1) is 5.41 Å². The van der Waals surface area contributed by atoms with E-state index in [0.717, 1.165) is 43.1 Å². The van der Waals surface area contributed by atoms with E-state index < -0.39 is 0 Å². The molecule has 0 bridgehead atoms. The Labute approximate surface area is 136 Å². The van der Waals surface area contributed by atoms with Crippen molar-refractivity contribution < 1.29 is 9.90 Å². The van der Waals surface area contributed by atoms with Gasteiger partial charge in [0.2, 0.25) is 0 Å². The summed E-state index contributed by atoms with van der Waals surface area (Å²) in [6.07, 6.45) is 2.72. The number of urea groups is 1. The van der Waals surface area contributed by atoms with Crippen molar-refractivity contribution in [2.45, 2.75) is 52.5 Å². The van der Waals surface area contributed by atoms with Crippen molar-refractivity contribution in [1.29, 1.82) is 0 Å². The summed E-state index contributed by atoms with van der Waals surface area (Å²) in [5.41, 5.74) is 1.10. The topological polar surface area (TPSA) is 65.5 Å². The fourth-order valence-electron chi connectivity index (χ4n) is 2.74. The average molecular weight is 325 g/mol. The van der Waals surface area contributed by atoms with Gasteiger partial charge in [0.05, 0.1) is 12.2 Å². The second kappa shape index (κ2) is 7.42. The number of aliphatic hydroxyl groups is 1. The summed E-state index contributed by atoms with van der Waals surface area (Å²) in [5, 5.41) is 15.5. The first-order chi connectivity index (χ1) is 10.5. The van der Waals surface area contributed by atoms with Crippen molar-refractivity contribution in [2.24, 2.45) is 5.41 Å². The van der Waals surface area contributed by atoms with E-state index >= 15 is 0 Å². The van der Waals surface area contributed by atoms with Crippen molar-refractivity contribution in [3.05, 3.63) is 16.1 Å². The van der Waals surface area contributed by atoms with E-state index in [1.807, 2.05) is 4.90 Å². The smallest absolute Gasteiger partial charge is 0.317 e. The fourth-order valence-corrected chi connectivity index (χ4v) is 3.64. The number of hydrogen-bond acceptors (Lipinski definition) is 4. The molecular weight excluding hydrogens is 298 g/mol. The Morgan fingerprint density at radius 3 is 2.68 bits per heavy atom. The largest absolute Gasteiger partial charge is 0.396 e. The Morgan fingerprint density at radius 1 is 1.50 bits per heavy atom. The standard InChI is InChI=1S/C16H27N3O2S/c1-4-16(11-20)5-7-19(8-6-16)15(21)17-9-14-18-13(10-22-14)12(2)3/h10,12,20H,4-9,11H2,1-3H3,(H,17,21). The van der Waals surface area contributed by atoms with Gasteiger partial charge in [-0.15, -0.1) is 11.3 Å². The highest BCUT2D eigenvalue weighted by Gasteiger charge is 2.33. The summed E-state index contributed by atoms with van der Waals surface area (Å²) in [5.74, 6) is 0.420. The summed E-state index contributed by atoms with van der Waals surface area (Å²) in [6.45, 7) is 8.49. The Morgan fingerprint density at radius 2 is 2.18 bits per heavy atom. The number of thiazole rings is 1. The fraction of sp³-hybridized carbons (Fsp3) is 0.750. The number of piperidine rings is 1. The Bertz CT molecular complexity index is 487. The molecule has 2 N–H and O–H groups in total. The number of aromatic nitrogens is 1. The molecule has 1 aliphatic heterocycles. The average Bonchev–Trinajstić information content (AvgIpc) is 3.02. The van der Waals surface area contributed by atoms with Crippen LogP contribution in [0.5, 0.6) is 0 Å². The Hall–Kier alpha value is -1.14. The summed E-state index contributed by atoms with van der Waals surface area (Å²) < 4.78 is 0. The van der Waals surface area contributed by atoms with Crippen LogP contribution in [0.1, 0.15) is 56.7 Å². The van der Waals surface area contributed by atoms with Gasteiger partial charge in [-0.2, -0.15) is 0 Å². The van der Waals surface area contributed by atoms with Gasteiger partial charge < -0.3 is 15.3 Å². The van der Waals surface area contributed by atoms with Gasteiger partial charge in [0, 0.05) is 25.1 Å². The number of nitrogens with zero attached hydrogens (tertiary/aromatic N) is 2. The summed E-state index contributed by atoms with van der Waals surface area (Å²) >= 11 is 1.60. The van der Waals surface area contributed by atoms with Gasteiger partial charge in [0.25, 0.3) is 0 Å². The van der Waals surface area contributed by atoms with Crippen LogP contribution < -0.4 is 5.32 Å². The zero-order valence-electron chi connectivity index (χ0n) is 13.8. The number of carbonyl (C=O) groups is 1. The summed E-state index contributed by atoms with van der Waals surface area (Å²) in [6, 6.07) is -0.0241. The van der Waals surface area contributed by atoms with Gasteiger partial charge in [0.1, 0.15) is 5.01 Å². The molecule has 0 atom stereocenters. The lowest BCUT2D eigenvalue weighted by Crippen LogP contribution is -2.48. The minimum Gasteiger partial charge on any atom is -0.396 e. The van der Waals surface area contributed by atoms with E-state index in [0.29, 0.717) is 12.5 Å². The van der Waals surface area contributed by atoms with Gasteiger partial charge in [-0.05, 0) is 30.6 Å². The van der Waals surface area contributed by atoms with Crippen LogP contribution in [0.4, 0.5) is 4.79 Å². The van der Waals surface area contributed by atoms with Crippen molar-refractivity contribution in [3.63, 3.8) is 0 Å². The first-order valence-corrected chi connectivity index (χ1v) is 8.95. The maximum absolute atomic E-state index is 12.2. The second-order valence-corrected chi connectivity index (χ2v) is 7.42. The lowest BCUT2D eigenvalue weighted by molar-refractivity contribution is 0.0519. The van der Waals surface area contributed by atoms with Crippen LogP contribution in [-0.2, 0) is 6.54 Å². The highest BCUT2D eigenvalue weighted by Crippen LogP contribution is 2.34. The Kier molecular flexibility index (Phi) is 5.81. The van der Waals surface area contributed by atoms with Crippen LogP contribution in [0.15, 0.2) is 5.38 Å². The number of nitrogens with one attached hydrogen (secondary N) is 1. The monoisotopic (exact) mass is 325 g/mol. The summed E-state index contributed by atoms with van der Waals surface area (Å²) in [4.78, 5) is 18.6. The molecule has 1 aromatic heterocycles. The third kappa shape index (κ3) is 3.98. The van der Waals surface area contributed by atoms with Crippen LogP contribution in [0.3, 0.4) is 0 Å². The quantitative estimate of drug-likeness (QED) is 0.875. The zero-order valence-corrected chi connectivity index (χ0v) is 14.6. The lowest BCUT2D eigenvalue weighted by atomic mass is 9.77. The minimum atomic E-state index is -0.0241. The van der Waals surface area contributed by atoms with Crippen molar-refractivity contribution >= 4 is 17.4 Å². The van der Waals surface area contributed by atoms with Crippen molar-refractivity contribution in [1.82, 2.24) is 15.2 Å². The van der Waals surface area contributed by atoms with Gasteiger partial charge in [-0.3, -0.25) is 0 Å². The van der Waals surface area contributed by atoms with E-state index in [1.54, 1.807) is 11.3 Å². The van der Waals surface area contributed by atoms with E-state index in [1.165, 1.54) is 0 Å². The number of aliphatic hydroxyl groups excluding tert-OH is 1. The predicted octanol–water partition coefficient (Wildman–Crippen LogP) is 2.96.